The highest BCUT2D eigenvalue weighted by Gasteiger charge is 1.96. The molecule has 0 bridgehead atoms. The second-order valence-electron chi connectivity index (χ2n) is 18.6. The Kier molecular flexibility index (Phi) is 32.9. The minimum atomic E-state index is 0. The molecule has 0 aromatic carbocycles. The summed E-state index contributed by atoms with van der Waals surface area (Å²) in [7, 11) is 0. The lowest BCUT2D eigenvalue weighted by atomic mass is 10.5. The van der Waals surface area contributed by atoms with E-state index in [-0.39, 0.29) is 52.0 Å². The Balaban J connectivity index is 0.000000208. The summed E-state index contributed by atoms with van der Waals surface area (Å²) in [6.07, 6.45) is 68.3. The van der Waals surface area contributed by atoms with Gasteiger partial charge in [-0.3, -0.25) is 27.0 Å². The third-order valence-corrected chi connectivity index (χ3v) is 12.3. The first-order chi connectivity index (χ1) is 49.1. The molecule has 0 spiro atoms. The molecule has 540 valence electrons. The Morgan fingerprint density at radius 2 is 0.764 bits per heavy atom. The first kappa shape index (κ1) is 81.0. The van der Waals surface area contributed by atoms with Gasteiger partial charge in [-0.05, 0) is 42.5 Å². The van der Waals surface area contributed by atoms with Crippen LogP contribution in [0, 0.1) is 0 Å². The summed E-state index contributed by atoms with van der Waals surface area (Å²) < 4.78 is 19.1. The second kappa shape index (κ2) is 43.0. The van der Waals surface area contributed by atoms with Crippen LogP contribution >= 0.6 is 0 Å². The van der Waals surface area contributed by atoms with Gasteiger partial charge in [0.25, 0.3) is 11.6 Å². The Morgan fingerprint density at radius 3 is 1.49 bits per heavy atom. The van der Waals surface area contributed by atoms with Crippen molar-refractivity contribution in [1.29, 1.82) is 0 Å². The van der Waals surface area contributed by atoms with Gasteiger partial charge in [0.05, 0.1) is 67.5 Å². The van der Waals surface area contributed by atoms with Crippen LogP contribution in [0.4, 0.5) is 0 Å². The SMILES string of the molecule is C.C.C.C.C.C.C.c1cc2ccnnn2c1.c1cc2nccn2cn1.c1cc2nccn2nn1.c1cn2ccnc2nn1.c1cn2cncnc2n1.c1cn2cnncc2n1.c1cn2ncnc2cn1.c1cn2ncncc2n1.c1cnc2nccn2c1.c1cnn2ccnc2c1.c1cnn2ccnc2n1. The molecular formula is C66H76N40. The fourth-order valence-electron chi connectivity index (χ4n) is 7.88. The molecule has 0 aliphatic rings. The minimum absolute atomic E-state index is 0. The topological polar surface area (TPSA) is 422 Å². The molecule has 22 aromatic heterocycles. The molecule has 22 aromatic rings. The average Bonchev–Trinajstić information content (AvgIpc) is 1.93. The van der Waals surface area contributed by atoms with E-state index in [4.69, 9.17) is 0 Å². The summed E-state index contributed by atoms with van der Waals surface area (Å²) in [5.41, 5.74) is 6.09. The maximum absolute atomic E-state index is 4.04. The Labute approximate surface area is 604 Å². The van der Waals surface area contributed by atoms with Gasteiger partial charge < -0.3 is 0 Å². The first-order valence-corrected chi connectivity index (χ1v) is 28.8. The van der Waals surface area contributed by atoms with E-state index < -0.39 is 0 Å². The quantitative estimate of drug-likeness (QED) is 0.138. The van der Waals surface area contributed by atoms with Crippen LogP contribution in [0.15, 0.2) is 297 Å². The van der Waals surface area contributed by atoms with Crippen molar-refractivity contribution in [3.63, 3.8) is 0 Å². The molecular weight excluding hydrogens is 1350 g/mol. The van der Waals surface area contributed by atoms with Gasteiger partial charge in [-0.15, -0.1) is 20.4 Å². The first-order valence-electron chi connectivity index (χ1n) is 28.8. The number of hydrogen-bond donors (Lipinski definition) is 0. The van der Waals surface area contributed by atoms with Crippen molar-refractivity contribution in [3.8, 4) is 0 Å². The molecule has 0 atom stereocenters. The fourth-order valence-corrected chi connectivity index (χ4v) is 7.88. The lowest BCUT2D eigenvalue weighted by molar-refractivity contribution is 0.807. The van der Waals surface area contributed by atoms with Crippen LogP contribution in [0.5, 0.6) is 0 Å². The van der Waals surface area contributed by atoms with Crippen LogP contribution < -0.4 is 0 Å². The highest BCUT2D eigenvalue weighted by Crippen LogP contribution is 2.00. The van der Waals surface area contributed by atoms with Gasteiger partial charge in [0.1, 0.15) is 43.6 Å². The number of imidazole rings is 9. The Hall–Kier alpha value is -15.7. The molecule has 0 saturated carbocycles. The minimum Gasteiger partial charge on any atom is -0.291 e. The summed E-state index contributed by atoms with van der Waals surface area (Å²) in [5.74, 6) is 2.71. The summed E-state index contributed by atoms with van der Waals surface area (Å²) in [4.78, 5) is 66.8. The molecule has 0 aliphatic heterocycles. The second-order valence-corrected chi connectivity index (χ2v) is 18.6. The molecule has 40 nitrogen and oxygen atoms in total. The predicted octanol–water partition coefficient (Wildman–Crippen LogP) is 8.24. The van der Waals surface area contributed by atoms with E-state index in [0.717, 1.165) is 45.2 Å². The molecule has 0 fully saturated rings. The van der Waals surface area contributed by atoms with Gasteiger partial charge >= 0.3 is 0 Å². The van der Waals surface area contributed by atoms with Crippen LogP contribution in [0.25, 0.3) is 62.5 Å². The maximum atomic E-state index is 4.04. The van der Waals surface area contributed by atoms with Crippen molar-refractivity contribution in [2.24, 2.45) is 0 Å². The van der Waals surface area contributed by atoms with E-state index in [1.54, 1.807) is 233 Å². The monoisotopic (exact) mass is 1430 g/mol. The van der Waals surface area contributed by atoms with E-state index in [1.807, 2.05) is 94.6 Å². The van der Waals surface area contributed by atoms with Crippen LogP contribution in [-0.4, -0.2) is 195 Å². The van der Waals surface area contributed by atoms with Crippen LogP contribution in [0.1, 0.15) is 52.0 Å². The zero-order chi connectivity index (χ0) is 67.1. The third-order valence-electron chi connectivity index (χ3n) is 12.3. The number of hydrogen-bond acceptors (Lipinski definition) is 29. The molecule has 0 unspecified atom stereocenters. The van der Waals surface area contributed by atoms with E-state index >= 15 is 0 Å². The fraction of sp³-hybridized carbons (Fsp3) is 0.106. The predicted molar refractivity (Wildman–Crippen MR) is 395 cm³/mol. The number of rotatable bonds is 0. The standard InChI is InChI=1S/4C6H5N3.7C5H4N4.7CH4/c1-2-7-5-9-4-3-8-6(1)9;1-2-6-3-4-7-8-9(6)5-1;1-2-7-6-8-3-5-9(6)4-1;1-2-6-7-4-5-9(6)8-3-1;1-3-9-4-2-7-8-5(9)6-1;1-2-9-4-6-3-8-5(9)7-1;1-2-9-5(7-1)3-6-4-8-9;1-2-9-4-8-7-3-5(9)6-1;1-2-9-5(3-6-1)7-4-8-9;1-2-8-9-4-3-7-5(9)6-1;1-2-7-8-9-4-3-6-5(1)9;;;;;;;/h4*1-5H;7*1-4H;7*1H4. The van der Waals surface area contributed by atoms with Crippen LogP contribution in [0.2, 0.25) is 0 Å². The largest absolute Gasteiger partial charge is 0.291 e. The lowest BCUT2D eigenvalue weighted by Crippen LogP contribution is -1.90. The van der Waals surface area contributed by atoms with Crippen molar-refractivity contribution in [2.75, 3.05) is 0 Å². The molecule has 22 heterocycles. The molecule has 40 heteroatoms. The molecule has 0 radical (unpaired) electrons. The normalized spacial score (nSPS) is 9.55. The number of nitrogens with zero attached hydrogens (tertiary/aromatic N) is 40. The van der Waals surface area contributed by atoms with E-state index in [9.17, 15) is 0 Å². The third kappa shape index (κ3) is 22.9. The molecule has 0 N–H and O–H groups in total. The molecule has 0 aliphatic carbocycles. The van der Waals surface area contributed by atoms with Crippen molar-refractivity contribution >= 4 is 62.5 Å². The van der Waals surface area contributed by atoms with Crippen molar-refractivity contribution in [2.45, 2.75) is 52.0 Å². The summed E-state index contributed by atoms with van der Waals surface area (Å²) >= 11 is 0. The highest BCUT2D eigenvalue weighted by molar-refractivity contribution is 5.44. The molecule has 106 heavy (non-hydrogen) atoms. The van der Waals surface area contributed by atoms with Crippen molar-refractivity contribution < 1.29 is 0 Å². The lowest BCUT2D eigenvalue weighted by Gasteiger charge is -1.85. The average molecular weight is 1430 g/mol. The maximum Gasteiger partial charge on any atom is 0.253 e. The smallest absolute Gasteiger partial charge is 0.253 e. The summed E-state index contributed by atoms with van der Waals surface area (Å²) in [6.45, 7) is 0. The summed E-state index contributed by atoms with van der Waals surface area (Å²) in [6, 6.07) is 15.1. The Bertz CT molecular complexity index is 4370. The molecule has 0 amide bonds. The van der Waals surface area contributed by atoms with E-state index in [0.29, 0.717) is 17.3 Å². The molecule has 0 saturated heterocycles. The van der Waals surface area contributed by atoms with Crippen molar-refractivity contribution in [1.82, 2.24) is 195 Å². The van der Waals surface area contributed by atoms with Gasteiger partial charge in [0, 0.05) is 155 Å². The van der Waals surface area contributed by atoms with Crippen LogP contribution in [0.3, 0.4) is 0 Å². The zero-order valence-electron chi connectivity index (χ0n) is 51.1. The summed E-state index contributed by atoms with van der Waals surface area (Å²) in [5, 5.41) is 45.3. The van der Waals surface area contributed by atoms with Gasteiger partial charge in [0.2, 0.25) is 11.6 Å². The van der Waals surface area contributed by atoms with Gasteiger partial charge in [-0.25, -0.2) is 107 Å². The van der Waals surface area contributed by atoms with E-state index in [1.165, 1.54) is 19.0 Å². The van der Waals surface area contributed by atoms with E-state index in [2.05, 4.69) is 146 Å². The highest BCUT2D eigenvalue weighted by atomic mass is 15.4. The number of aromatic nitrogens is 40. The zero-order valence-corrected chi connectivity index (χ0v) is 51.1. The number of fused-ring (bicyclic) bond motifs is 11. The van der Waals surface area contributed by atoms with Gasteiger partial charge in [-0.2, -0.15) is 30.6 Å². The van der Waals surface area contributed by atoms with Gasteiger partial charge in [-0.1, -0.05) is 62.4 Å². The van der Waals surface area contributed by atoms with Crippen LogP contribution in [-0.2, 0) is 0 Å². The van der Waals surface area contributed by atoms with Gasteiger partial charge in [0.15, 0.2) is 28.2 Å². The molecule has 22 rings (SSSR count). The van der Waals surface area contributed by atoms with Crippen molar-refractivity contribution in [3.05, 3.63) is 297 Å². The Morgan fingerprint density at radius 1 is 0.217 bits per heavy atom.